The molecule has 2 atom stereocenters. The van der Waals surface area contributed by atoms with Gasteiger partial charge in [0.25, 0.3) is 0 Å². The van der Waals surface area contributed by atoms with E-state index in [0.29, 0.717) is 0 Å². The smallest absolute Gasteiger partial charge is 0.475 e. The lowest BCUT2D eigenvalue weighted by atomic mass is 9.74. The molecule has 2 N–H and O–H groups in total. The van der Waals surface area contributed by atoms with Gasteiger partial charge in [-0.3, -0.25) is 9.69 Å². The highest BCUT2D eigenvalue weighted by atomic mass is 19.4. The zero-order chi connectivity index (χ0) is 24.9. The van der Waals surface area contributed by atoms with E-state index >= 15 is 0 Å². The number of nitrogens with zero attached hydrogens (tertiary/aromatic N) is 4. The number of amides is 1. The summed E-state index contributed by atoms with van der Waals surface area (Å²) in [5, 5.41) is 10.1. The molecular formula is C23H28F3N5O3. The molecule has 2 saturated heterocycles. The number of hydrogen-bond acceptors (Lipinski definition) is 6. The first-order valence-corrected chi connectivity index (χ1v) is 10.9. The monoisotopic (exact) mass is 479 g/mol. The van der Waals surface area contributed by atoms with Crippen molar-refractivity contribution in [2.75, 3.05) is 31.6 Å². The third-order valence-electron chi connectivity index (χ3n) is 6.23. The number of carboxylic acid groups (broad SMARTS) is 1. The number of aliphatic carboxylic acids is 1. The molecule has 184 valence electrons. The second-order valence-electron chi connectivity index (χ2n) is 8.55. The van der Waals surface area contributed by atoms with Gasteiger partial charge in [0.2, 0.25) is 11.9 Å². The zero-order valence-corrected chi connectivity index (χ0v) is 19.0. The van der Waals surface area contributed by atoms with Crippen molar-refractivity contribution in [3.8, 4) is 0 Å². The molecule has 1 aromatic heterocycles. The molecular weight excluding hydrogens is 451 g/mol. The van der Waals surface area contributed by atoms with E-state index in [0.717, 1.165) is 45.0 Å². The molecule has 4 rings (SSSR count). The fourth-order valence-corrected chi connectivity index (χ4v) is 4.69. The summed E-state index contributed by atoms with van der Waals surface area (Å²) in [6.07, 6.45) is 0.348. The van der Waals surface area contributed by atoms with Gasteiger partial charge in [0, 0.05) is 45.6 Å². The Hall–Kier alpha value is -3.21. The predicted octanol–water partition coefficient (Wildman–Crippen LogP) is 2.64. The van der Waals surface area contributed by atoms with Crippen molar-refractivity contribution in [2.24, 2.45) is 5.41 Å². The number of aryl methyl sites for hydroxylation is 1. The van der Waals surface area contributed by atoms with Gasteiger partial charge in [-0.15, -0.1) is 0 Å². The maximum atomic E-state index is 13.0. The van der Waals surface area contributed by atoms with Gasteiger partial charge < -0.3 is 15.3 Å². The lowest BCUT2D eigenvalue weighted by Gasteiger charge is -2.44. The molecule has 0 bridgehead atoms. The Morgan fingerprint density at radius 1 is 1.21 bits per heavy atom. The molecule has 11 heteroatoms. The third kappa shape index (κ3) is 5.64. The fourth-order valence-electron chi connectivity index (χ4n) is 4.69. The number of hydrogen-bond donors (Lipinski definition) is 2. The quantitative estimate of drug-likeness (QED) is 0.696. The molecule has 8 nitrogen and oxygen atoms in total. The highest BCUT2D eigenvalue weighted by Crippen LogP contribution is 2.43. The van der Waals surface area contributed by atoms with E-state index in [1.807, 2.05) is 6.07 Å². The number of carbonyl (C=O) groups is 2. The van der Waals surface area contributed by atoms with E-state index < -0.39 is 17.6 Å². The largest absolute Gasteiger partial charge is 0.490 e. The maximum Gasteiger partial charge on any atom is 0.490 e. The van der Waals surface area contributed by atoms with Crippen LogP contribution in [0, 0.1) is 12.3 Å². The summed E-state index contributed by atoms with van der Waals surface area (Å²) in [6, 6.07) is 10.6. The van der Waals surface area contributed by atoms with E-state index in [-0.39, 0.29) is 11.9 Å². The number of aromatic nitrogens is 2. The highest BCUT2D eigenvalue weighted by Gasteiger charge is 2.55. The molecule has 2 aliphatic heterocycles. The number of likely N-dealkylation sites (tertiary alicyclic amines) is 1. The minimum absolute atomic E-state index is 0.0963. The number of nitrogens with one attached hydrogen (secondary N) is 1. The van der Waals surface area contributed by atoms with E-state index in [4.69, 9.17) is 9.90 Å². The number of anilines is 1. The van der Waals surface area contributed by atoms with Crippen LogP contribution in [-0.2, 0) is 16.1 Å². The molecule has 0 saturated carbocycles. The third-order valence-corrected chi connectivity index (χ3v) is 6.23. The second kappa shape index (κ2) is 10.4. The van der Waals surface area contributed by atoms with E-state index in [9.17, 15) is 18.0 Å². The molecule has 1 amide bonds. The van der Waals surface area contributed by atoms with E-state index in [1.165, 1.54) is 11.1 Å². The number of rotatable bonds is 4. The number of piperidine rings is 1. The summed E-state index contributed by atoms with van der Waals surface area (Å²) in [5.41, 5.74) is 2.15. The summed E-state index contributed by atoms with van der Waals surface area (Å²) in [7, 11) is 1.74. The number of carboxylic acids is 1. The molecule has 0 aliphatic carbocycles. The Bertz CT molecular complexity index is 988. The van der Waals surface area contributed by atoms with Gasteiger partial charge in [0.1, 0.15) is 0 Å². The van der Waals surface area contributed by atoms with Gasteiger partial charge in [-0.2, -0.15) is 13.2 Å². The molecule has 2 aliphatic rings. The molecule has 0 radical (unpaired) electrons. The Morgan fingerprint density at radius 3 is 2.38 bits per heavy atom. The van der Waals surface area contributed by atoms with Crippen LogP contribution in [0.5, 0.6) is 0 Å². The van der Waals surface area contributed by atoms with Crippen LogP contribution in [0.15, 0.2) is 42.7 Å². The van der Waals surface area contributed by atoms with Crippen LogP contribution >= 0.6 is 0 Å². The lowest BCUT2D eigenvalue weighted by Crippen LogP contribution is -2.58. The van der Waals surface area contributed by atoms with Gasteiger partial charge in [-0.25, -0.2) is 14.8 Å². The number of fused-ring (bicyclic) bond motifs is 1. The van der Waals surface area contributed by atoms with Gasteiger partial charge in [0.05, 0.1) is 11.5 Å². The number of benzene rings is 1. The molecule has 0 spiro atoms. The van der Waals surface area contributed by atoms with Crippen LogP contribution in [0.4, 0.5) is 19.1 Å². The fraction of sp³-hybridized carbons (Fsp3) is 0.478. The van der Waals surface area contributed by atoms with Crippen LogP contribution in [-0.4, -0.2) is 70.8 Å². The van der Waals surface area contributed by atoms with E-state index in [1.54, 1.807) is 19.4 Å². The number of alkyl halides is 3. The maximum absolute atomic E-state index is 13.0. The van der Waals surface area contributed by atoms with Crippen molar-refractivity contribution >= 4 is 17.8 Å². The molecule has 1 aromatic carbocycles. The zero-order valence-electron chi connectivity index (χ0n) is 19.0. The van der Waals surface area contributed by atoms with Crippen molar-refractivity contribution in [1.82, 2.24) is 20.2 Å². The van der Waals surface area contributed by atoms with Crippen molar-refractivity contribution in [3.63, 3.8) is 0 Å². The summed E-state index contributed by atoms with van der Waals surface area (Å²) >= 11 is 0. The number of carbonyl (C=O) groups excluding carboxylic acids is 1. The van der Waals surface area contributed by atoms with E-state index in [2.05, 4.69) is 56.3 Å². The van der Waals surface area contributed by atoms with Crippen molar-refractivity contribution in [3.05, 3.63) is 53.9 Å². The highest BCUT2D eigenvalue weighted by molar-refractivity contribution is 5.85. The SMILES string of the molecule is CNC(=O)[C@@]12CCCN(c3ncccn3)[C@@H]1CN(Cc1ccc(C)cc1)C2.O=C(O)C(F)(F)F. The molecule has 3 heterocycles. The van der Waals surface area contributed by atoms with Crippen molar-refractivity contribution in [2.45, 2.75) is 38.5 Å². The topological polar surface area (TPSA) is 98.7 Å². The van der Waals surface area contributed by atoms with Crippen molar-refractivity contribution < 1.29 is 27.9 Å². The summed E-state index contributed by atoms with van der Waals surface area (Å²) in [6.45, 7) is 5.48. The number of halogens is 3. The van der Waals surface area contributed by atoms with Gasteiger partial charge in [0.15, 0.2) is 0 Å². The van der Waals surface area contributed by atoms with Gasteiger partial charge in [-0.1, -0.05) is 29.8 Å². The Kier molecular flexibility index (Phi) is 7.75. The lowest BCUT2D eigenvalue weighted by molar-refractivity contribution is -0.192. The molecule has 34 heavy (non-hydrogen) atoms. The average Bonchev–Trinajstić information content (AvgIpc) is 3.19. The van der Waals surface area contributed by atoms with Crippen LogP contribution in [0.3, 0.4) is 0 Å². The summed E-state index contributed by atoms with van der Waals surface area (Å²) < 4.78 is 31.7. The molecule has 2 fully saturated rings. The predicted molar refractivity (Wildman–Crippen MR) is 119 cm³/mol. The molecule has 2 aromatic rings. The second-order valence-corrected chi connectivity index (χ2v) is 8.55. The van der Waals surface area contributed by atoms with Crippen LogP contribution in [0.25, 0.3) is 0 Å². The first kappa shape index (κ1) is 25.4. The Morgan fingerprint density at radius 2 is 1.82 bits per heavy atom. The van der Waals surface area contributed by atoms with Gasteiger partial charge in [-0.05, 0) is 31.4 Å². The normalized spacial score (nSPS) is 22.4. The standard InChI is InChI=1S/C21H27N5O.C2HF3O2/c1-16-5-7-17(8-6-16)13-25-14-18-21(15-25,19(27)22-2)9-3-12-26(18)20-23-10-4-11-24-20;3-2(4,5)1(6)7/h4-8,10-11,18H,3,9,12-15H2,1-2H3,(H,22,27);(H,6,7)/t18-,21-;/m1./s1. The van der Waals surface area contributed by atoms with Crippen LogP contribution < -0.4 is 10.2 Å². The minimum atomic E-state index is -5.08. The average molecular weight is 480 g/mol. The van der Waals surface area contributed by atoms with Crippen molar-refractivity contribution in [1.29, 1.82) is 0 Å². The van der Waals surface area contributed by atoms with Crippen LogP contribution in [0.2, 0.25) is 0 Å². The first-order chi connectivity index (χ1) is 16.1. The summed E-state index contributed by atoms with van der Waals surface area (Å²) in [4.78, 5) is 35.5. The minimum Gasteiger partial charge on any atom is -0.475 e. The Balaban J connectivity index is 0.000000406. The van der Waals surface area contributed by atoms with Crippen LogP contribution in [0.1, 0.15) is 24.0 Å². The Labute approximate surface area is 195 Å². The van der Waals surface area contributed by atoms with Gasteiger partial charge >= 0.3 is 12.1 Å². The summed E-state index contributed by atoms with van der Waals surface area (Å²) in [5.74, 6) is -1.89. The molecule has 0 unspecified atom stereocenters. The first-order valence-electron chi connectivity index (χ1n) is 10.9.